The molecule has 0 bridgehead atoms. The number of esters is 1. The highest BCUT2D eigenvalue weighted by Gasteiger charge is 2.41. The maximum absolute atomic E-state index is 13.0. The van der Waals surface area contributed by atoms with Crippen molar-refractivity contribution in [3.8, 4) is 17.6 Å². The summed E-state index contributed by atoms with van der Waals surface area (Å²) in [6.45, 7) is 2.53. The van der Waals surface area contributed by atoms with E-state index in [1.54, 1.807) is 25.4 Å². The molecule has 0 spiro atoms. The molecule has 2 aliphatic rings. The Balaban J connectivity index is 1.46. The molecule has 8 nitrogen and oxygen atoms in total. The first kappa shape index (κ1) is 23.9. The lowest BCUT2D eigenvalue weighted by Gasteiger charge is -2.39. The Hall–Kier alpha value is -3.25. The van der Waals surface area contributed by atoms with Gasteiger partial charge in [0, 0.05) is 18.1 Å². The molecule has 1 aliphatic heterocycles. The van der Waals surface area contributed by atoms with Crippen LogP contribution in [0.1, 0.15) is 49.4 Å². The Labute approximate surface area is 203 Å². The summed E-state index contributed by atoms with van der Waals surface area (Å²) < 4.78 is 16.7. The molecule has 0 radical (unpaired) electrons. The lowest BCUT2D eigenvalue weighted by Crippen LogP contribution is -2.53. The van der Waals surface area contributed by atoms with E-state index < -0.39 is 17.6 Å². The van der Waals surface area contributed by atoms with Crippen LogP contribution in [0.25, 0.3) is 0 Å². The zero-order chi connectivity index (χ0) is 24.1. The van der Waals surface area contributed by atoms with Crippen LogP contribution in [0.4, 0.5) is 0 Å². The van der Waals surface area contributed by atoms with Crippen molar-refractivity contribution in [1.29, 1.82) is 5.26 Å². The maximum atomic E-state index is 13.0. The van der Waals surface area contributed by atoms with Gasteiger partial charge in [-0.2, -0.15) is 5.26 Å². The minimum Gasteiger partial charge on any atom is -0.486 e. The molecular weight excluding hydrogens is 454 g/mol. The van der Waals surface area contributed by atoms with E-state index in [2.05, 4.69) is 11.1 Å². The van der Waals surface area contributed by atoms with Gasteiger partial charge >= 0.3 is 5.97 Å². The lowest BCUT2D eigenvalue weighted by molar-refractivity contribution is -0.143. The molecule has 4 rings (SSSR count). The molecule has 178 valence electrons. The quantitative estimate of drug-likeness (QED) is 0.565. The zero-order valence-corrected chi connectivity index (χ0v) is 20.1. The number of fused-ring (bicyclic) bond motifs is 1. The van der Waals surface area contributed by atoms with Crippen molar-refractivity contribution >= 4 is 23.6 Å². The van der Waals surface area contributed by atoms with Crippen LogP contribution in [0.2, 0.25) is 0 Å². The standard InChI is InChI=1S/C25H27N3O5S/c1-17(23(29)28(2)25(16-26)10-4-3-5-11-25)33-24(30)19-7-6-12-27-22(19)34-18-8-9-20-21(15-18)32-14-13-31-20/h6-9,12,15,17H,3-5,10-11,13-14H2,1-2H3/t17-/m1/s1. The topological polar surface area (TPSA) is 102 Å². The number of hydrogen-bond donors (Lipinski definition) is 0. The Morgan fingerprint density at radius 3 is 2.65 bits per heavy atom. The molecule has 1 aliphatic carbocycles. The monoisotopic (exact) mass is 481 g/mol. The number of hydrogen-bond acceptors (Lipinski definition) is 8. The van der Waals surface area contributed by atoms with Gasteiger partial charge in [0.2, 0.25) is 0 Å². The highest BCUT2D eigenvalue weighted by molar-refractivity contribution is 7.99. The van der Waals surface area contributed by atoms with Gasteiger partial charge in [0.05, 0.1) is 11.6 Å². The second-order valence-corrected chi connectivity index (χ2v) is 9.47. The normalized spacial score (nSPS) is 17.2. The molecule has 0 unspecified atom stereocenters. The maximum Gasteiger partial charge on any atom is 0.341 e. The van der Waals surface area contributed by atoms with Gasteiger partial charge in [-0.25, -0.2) is 9.78 Å². The van der Waals surface area contributed by atoms with Gasteiger partial charge in [0.1, 0.15) is 23.8 Å². The van der Waals surface area contributed by atoms with Crippen LogP contribution in [0.3, 0.4) is 0 Å². The highest BCUT2D eigenvalue weighted by Crippen LogP contribution is 2.37. The van der Waals surface area contributed by atoms with E-state index in [0.29, 0.717) is 42.6 Å². The molecule has 1 aromatic heterocycles. The van der Waals surface area contributed by atoms with Crippen LogP contribution in [0.15, 0.2) is 46.5 Å². The summed E-state index contributed by atoms with van der Waals surface area (Å²) in [6, 6.07) is 11.1. The Morgan fingerprint density at radius 2 is 1.91 bits per heavy atom. The van der Waals surface area contributed by atoms with Crippen LogP contribution in [0, 0.1) is 11.3 Å². The van der Waals surface area contributed by atoms with Crippen molar-refractivity contribution in [1.82, 2.24) is 9.88 Å². The molecular formula is C25H27N3O5S. The zero-order valence-electron chi connectivity index (χ0n) is 19.3. The van der Waals surface area contributed by atoms with E-state index >= 15 is 0 Å². The lowest BCUT2D eigenvalue weighted by atomic mass is 9.81. The van der Waals surface area contributed by atoms with Gasteiger partial charge in [0.25, 0.3) is 5.91 Å². The number of nitriles is 1. The number of nitrogens with zero attached hydrogens (tertiary/aromatic N) is 3. The number of likely N-dealkylation sites (N-methyl/N-ethyl adjacent to an activating group) is 1. The molecule has 34 heavy (non-hydrogen) atoms. The van der Waals surface area contributed by atoms with E-state index in [9.17, 15) is 14.9 Å². The number of amides is 1. The molecule has 0 saturated heterocycles. The molecule has 2 heterocycles. The van der Waals surface area contributed by atoms with Crippen LogP contribution in [0.5, 0.6) is 11.5 Å². The number of carbonyl (C=O) groups is 2. The summed E-state index contributed by atoms with van der Waals surface area (Å²) >= 11 is 1.30. The third kappa shape index (κ3) is 4.97. The largest absolute Gasteiger partial charge is 0.486 e. The van der Waals surface area contributed by atoms with Crippen LogP contribution >= 0.6 is 11.8 Å². The van der Waals surface area contributed by atoms with E-state index in [0.717, 1.165) is 24.2 Å². The van der Waals surface area contributed by atoms with Crippen molar-refractivity contribution in [3.05, 3.63) is 42.1 Å². The van der Waals surface area contributed by atoms with Crippen LogP contribution in [-0.2, 0) is 9.53 Å². The number of ether oxygens (including phenoxy) is 3. The van der Waals surface area contributed by atoms with Crippen LogP contribution < -0.4 is 9.47 Å². The van der Waals surface area contributed by atoms with Gasteiger partial charge in [-0.15, -0.1) is 0 Å². The third-order valence-corrected chi connectivity index (χ3v) is 7.22. The average molecular weight is 482 g/mol. The van der Waals surface area contributed by atoms with Crippen molar-refractivity contribution in [3.63, 3.8) is 0 Å². The molecule has 2 aromatic rings. The van der Waals surface area contributed by atoms with Crippen molar-refractivity contribution in [2.45, 2.75) is 60.6 Å². The van der Waals surface area contributed by atoms with Crippen molar-refractivity contribution < 1.29 is 23.8 Å². The van der Waals surface area contributed by atoms with Gasteiger partial charge in [-0.1, -0.05) is 31.0 Å². The first-order chi connectivity index (χ1) is 16.4. The molecule has 1 amide bonds. The smallest absolute Gasteiger partial charge is 0.341 e. The summed E-state index contributed by atoms with van der Waals surface area (Å²) in [5, 5.41) is 10.2. The second kappa shape index (κ2) is 10.3. The number of aromatic nitrogens is 1. The fourth-order valence-corrected chi connectivity index (χ4v) is 5.14. The molecule has 1 fully saturated rings. The summed E-state index contributed by atoms with van der Waals surface area (Å²) in [6.07, 6.45) is 4.68. The molecule has 1 aromatic carbocycles. The van der Waals surface area contributed by atoms with Gasteiger partial charge < -0.3 is 19.1 Å². The Kier molecular flexibility index (Phi) is 7.27. The summed E-state index contributed by atoms with van der Waals surface area (Å²) in [5.74, 6) is 0.298. The minimum atomic E-state index is -1.03. The average Bonchev–Trinajstić information content (AvgIpc) is 2.88. The second-order valence-electron chi connectivity index (χ2n) is 8.41. The predicted octanol–water partition coefficient (Wildman–Crippen LogP) is 4.23. The number of pyridine rings is 1. The Morgan fingerprint density at radius 1 is 1.18 bits per heavy atom. The van der Waals surface area contributed by atoms with Gasteiger partial charge in [-0.05, 0) is 50.1 Å². The fraction of sp³-hybridized carbons (Fsp3) is 0.440. The summed E-state index contributed by atoms with van der Waals surface area (Å²) in [4.78, 5) is 32.7. The molecule has 1 atom stereocenters. The Bertz CT molecular complexity index is 1110. The summed E-state index contributed by atoms with van der Waals surface area (Å²) in [5.41, 5.74) is -0.582. The molecule has 0 N–H and O–H groups in total. The van der Waals surface area contributed by atoms with Gasteiger partial charge in [-0.3, -0.25) is 4.79 Å². The van der Waals surface area contributed by atoms with E-state index in [4.69, 9.17) is 14.2 Å². The number of benzene rings is 1. The van der Waals surface area contributed by atoms with E-state index in [-0.39, 0.29) is 11.5 Å². The first-order valence-corrected chi connectivity index (χ1v) is 12.2. The molecule has 9 heteroatoms. The minimum absolute atomic E-state index is 0.261. The van der Waals surface area contributed by atoms with Crippen molar-refractivity contribution in [2.75, 3.05) is 20.3 Å². The highest BCUT2D eigenvalue weighted by atomic mass is 32.2. The number of carbonyl (C=O) groups excluding carboxylic acids is 2. The summed E-state index contributed by atoms with van der Waals surface area (Å²) in [7, 11) is 1.62. The van der Waals surface area contributed by atoms with E-state index in [1.165, 1.54) is 23.6 Å². The fourth-order valence-electron chi connectivity index (χ4n) is 4.24. The SMILES string of the molecule is C[C@@H](OC(=O)c1cccnc1Sc1ccc2c(c1)OCCO2)C(=O)N(C)C1(C#N)CCCCC1. The van der Waals surface area contributed by atoms with Crippen LogP contribution in [-0.4, -0.2) is 53.7 Å². The number of rotatable bonds is 6. The van der Waals surface area contributed by atoms with Crippen molar-refractivity contribution in [2.24, 2.45) is 0 Å². The van der Waals surface area contributed by atoms with E-state index in [1.807, 2.05) is 18.2 Å². The van der Waals surface area contributed by atoms with Gasteiger partial charge in [0.15, 0.2) is 17.6 Å². The predicted molar refractivity (Wildman–Crippen MR) is 125 cm³/mol. The molecule has 1 saturated carbocycles. The first-order valence-electron chi connectivity index (χ1n) is 11.4. The third-order valence-electron chi connectivity index (χ3n) is 6.21.